The highest BCUT2D eigenvalue weighted by atomic mass is 16.5. The number of ether oxygens (including phenoxy) is 2. The predicted octanol–water partition coefficient (Wildman–Crippen LogP) is 7.98. The molecule has 0 aliphatic heterocycles. The van der Waals surface area contributed by atoms with Crippen molar-refractivity contribution in [1.82, 2.24) is 5.43 Å². The van der Waals surface area contributed by atoms with E-state index in [1.807, 2.05) is 36.4 Å². The van der Waals surface area contributed by atoms with Gasteiger partial charge in [0.25, 0.3) is 0 Å². The Morgan fingerprint density at radius 3 is 1.97 bits per heavy atom. The van der Waals surface area contributed by atoms with E-state index in [2.05, 4.69) is 17.5 Å². The Balaban J connectivity index is 1.58. The summed E-state index contributed by atoms with van der Waals surface area (Å²) < 4.78 is 10.7. The Morgan fingerprint density at radius 1 is 0.789 bits per heavy atom. The fourth-order valence-corrected chi connectivity index (χ4v) is 4.27. The topological polar surface area (TPSA) is 77.0 Å². The van der Waals surface area contributed by atoms with Crippen molar-refractivity contribution in [3.63, 3.8) is 0 Å². The fourth-order valence-electron chi connectivity index (χ4n) is 4.27. The van der Waals surface area contributed by atoms with Gasteiger partial charge in [0.05, 0.1) is 18.9 Å². The van der Waals surface area contributed by atoms with Crippen LogP contribution in [-0.4, -0.2) is 25.2 Å². The minimum absolute atomic E-state index is 0.0616. The SMILES string of the molecule is CCCCCCCCCCCCCCCC(=O)N/N=C\c1ccccc1OCc1ccc(C(=O)OC)cc1. The third kappa shape index (κ3) is 13.4. The van der Waals surface area contributed by atoms with Crippen LogP contribution in [0.5, 0.6) is 5.75 Å². The number of rotatable bonds is 20. The van der Waals surface area contributed by atoms with E-state index in [-0.39, 0.29) is 11.9 Å². The molecule has 0 aliphatic carbocycles. The molecule has 0 heterocycles. The molecule has 0 aliphatic rings. The molecule has 1 N–H and O–H groups in total. The summed E-state index contributed by atoms with van der Waals surface area (Å²) in [5, 5.41) is 4.12. The molecule has 0 unspecified atom stereocenters. The van der Waals surface area contributed by atoms with Gasteiger partial charge in [0.15, 0.2) is 0 Å². The van der Waals surface area contributed by atoms with E-state index in [9.17, 15) is 9.59 Å². The lowest BCUT2D eigenvalue weighted by atomic mass is 10.0. The molecular formula is C32H46N2O4. The summed E-state index contributed by atoms with van der Waals surface area (Å²) in [5.41, 5.74) is 4.83. The molecule has 2 rings (SSSR count). The van der Waals surface area contributed by atoms with Crippen LogP contribution in [0.2, 0.25) is 0 Å². The standard InChI is InChI=1S/C32H46N2O4/c1-3-4-5-6-7-8-9-10-11-12-13-14-15-20-31(35)34-33-25-29-18-16-17-19-30(29)38-26-27-21-23-28(24-22-27)32(36)37-2/h16-19,21-25H,3-15,20,26H2,1-2H3,(H,34,35)/b33-25-. The van der Waals surface area contributed by atoms with E-state index < -0.39 is 0 Å². The molecule has 2 aromatic rings. The Bertz CT molecular complexity index is 956. The highest BCUT2D eigenvalue weighted by molar-refractivity contribution is 5.89. The van der Waals surface area contributed by atoms with E-state index in [4.69, 9.17) is 9.47 Å². The summed E-state index contributed by atoms with van der Waals surface area (Å²) in [6.07, 6.45) is 18.8. The number of unbranched alkanes of at least 4 members (excludes halogenated alkanes) is 12. The van der Waals surface area contributed by atoms with Gasteiger partial charge < -0.3 is 9.47 Å². The molecule has 6 nitrogen and oxygen atoms in total. The van der Waals surface area contributed by atoms with Crippen LogP contribution in [-0.2, 0) is 16.1 Å². The number of amides is 1. The van der Waals surface area contributed by atoms with Gasteiger partial charge in [-0.2, -0.15) is 5.10 Å². The molecule has 6 heteroatoms. The van der Waals surface area contributed by atoms with Gasteiger partial charge in [-0.3, -0.25) is 4.79 Å². The zero-order valence-electron chi connectivity index (χ0n) is 23.4. The quantitative estimate of drug-likeness (QED) is 0.0827. The monoisotopic (exact) mass is 522 g/mol. The van der Waals surface area contributed by atoms with E-state index in [1.54, 1.807) is 18.3 Å². The van der Waals surface area contributed by atoms with Crippen molar-refractivity contribution in [2.24, 2.45) is 5.10 Å². The highest BCUT2D eigenvalue weighted by Crippen LogP contribution is 2.18. The van der Waals surface area contributed by atoms with E-state index in [0.29, 0.717) is 24.3 Å². The molecule has 0 saturated heterocycles. The number of esters is 1. The van der Waals surface area contributed by atoms with Gasteiger partial charge in [-0.25, -0.2) is 10.2 Å². The number of para-hydroxylation sites is 1. The third-order valence-corrected chi connectivity index (χ3v) is 6.59. The minimum Gasteiger partial charge on any atom is -0.488 e. The number of benzene rings is 2. The molecule has 0 atom stereocenters. The number of carbonyl (C=O) groups excluding carboxylic acids is 2. The van der Waals surface area contributed by atoms with Crippen LogP contribution in [0.3, 0.4) is 0 Å². The van der Waals surface area contributed by atoms with E-state index in [0.717, 1.165) is 24.0 Å². The van der Waals surface area contributed by atoms with Gasteiger partial charge in [-0.15, -0.1) is 0 Å². The molecule has 0 fully saturated rings. The summed E-state index contributed by atoms with van der Waals surface area (Å²) in [6.45, 7) is 2.61. The van der Waals surface area contributed by atoms with Crippen LogP contribution in [0.1, 0.15) is 118 Å². The number of hydrogen-bond donors (Lipinski definition) is 1. The maximum Gasteiger partial charge on any atom is 0.337 e. The van der Waals surface area contributed by atoms with Crippen LogP contribution in [0, 0.1) is 0 Å². The van der Waals surface area contributed by atoms with Crippen LogP contribution >= 0.6 is 0 Å². The molecule has 0 aromatic heterocycles. The van der Waals surface area contributed by atoms with Crippen molar-refractivity contribution < 1.29 is 19.1 Å². The molecule has 0 radical (unpaired) electrons. The normalized spacial score (nSPS) is 11.0. The lowest BCUT2D eigenvalue weighted by Crippen LogP contribution is -2.17. The molecular weight excluding hydrogens is 476 g/mol. The third-order valence-electron chi connectivity index (χ3n) is 6.59. The first-order valence-electron chi connectivity index (χ1n) is 14.3. The smallest absolute Gasteiger partial charge is 0.337 e. The first-order chi connectivity index (χ1) is 18.6. The van der Waals surface area contributed by atoms with Crippen LogP contribution < -0.4 is 10.2 Å². The molecule has 1 amide bonds. The number of nitrogens with one attached hydrogen (secondary N) is 1. The number of hydrogen-bond acceptors (Lipinski definition) is 5. The van der Waals surface area contributed by atoms with Gasteiger partial charge >= 0.3 is 5.97 Å². The maximum atomic E-state index is 12.1. The predicted molar refractivity (Wildman–Crippen MR) is 155 cm³/mol. The Hall–Kier alpha value is -3.15. The Morgan fingerprint density at radius 2 is 1.37 bits per heavy atom. The molecule has 38 heavy (non-hydrogen) atoms. The Labute approximate surface area is 229 Å². The highest BCUT2D eigenvalue weighted by Gasteiger charge is 2.06. The molecule has 0 bridgehead atoms. The number of nitrogens with zero attached hydrogens (tertiary/aromatic N) is 1. The average Bonchev–Trinajstić information content (AvgIpc) is 2.95. The van der Waals surface area contributed by atoms with E-state index in [1.165, 1.54) is 77.7 Å². The first-order valence-corrected chi connectivity index (χ1v) is 14.3. The number of carbonyl (C=O) groups is 2. The van der Waals surface area contributed by atoms with Crippen LogP contribution in [0.4, 0.5) is 0 Å². The van der Waals surface area contributed by atoms with Crippen LogP contribution in [0.15, 0.2) is 53.6 Å². The van der Waals surface area contributed by atoms with Crippen molar-refractivity contribution >= 4 is 18.1 Å². The van der Waals surface area contributed by atoms with Gasteiger partial charge in [-0.05, 0) is 36.2 Å². The second-order valence-electron chi connectivity index (χ2n) is 9.80. The largest absolute Gasteiger partial charge is 0.488 e. The first kappa shape index (κ1) is 31.1. The van der Waals surface area contributed by atoms with Gasteiger partial charge in [0.2, 0.25) is 5.91 Å². The molecule has 208 valence electrons. The van der Waals surface area contributed by atoms with Gasteiger partial charge in [0.1, 0.15) is 12.4 Å². The zero-order chi connectivity index (χ0) is 27.3. The fraction of sp³-hybridized carbons (Fsp3) is 0.531. The van der Waals surface area contributed by atoms with Gasteiger partial charge in [-0.1, -0.05) is 108 Å². The lowest BCUT2D eigenvalue weighted by molar-refractivity contribution is -0.121. The summed E-state index contributed by atoms with van der Waals surface area (Å²) in [7, 11) is 1.36. The maximum absolute atomic E-state index is 12.1. The number of methoxy groups -OCH3 is 1. The Kier molecular flexibility index (Phi) is 16.3. The minimum atomic E-state index is -0.366. The van der Waals surface area contributed by atoms with E-state index >= 15 is 0 Å². The van der Waals surface area contributed by atoms with Crippen molar-refractivity contribution in [2.75, 3.05) is 7.11 Å². The summed E-state index contributed by atoms with van der Waals surface area (Å²) >= 11 is 0. The zero-order valence-corrected chi connectivity index (χ0v) is 23.4. The second-order valence-corrected chi connectivity index (χ2v) is 9.80. The van der Waals surface area contributed by atoms with Crippen LogP contribution in [0.25, 0.3) is 0 Å². The second kappa shape index (κ2) is 19.9. The summed E-state index contributed by atoms with van der Waals surface area (Å²) in [5.74, 6) is 0.239. The van der Waals surface area contributed by atoms with Crippen molar-refractivity contribution in [3.05, 3.63) is 65.2 Å². The van der Waals surface area contributed by atoms with Crippen molar-refractivity contribution in [1.29, 1.82) is 0 Å². The van der Waals surface area contributed by atoms with Gasteiger partial charge in [0, 0.05) is 12.0 Å². The molecule has 2 aromatic carbocycles. The average molecular weight is 523 g/mol. The van der Waals surface area contributed by atoms with Crippen molar-refractivity contribution in [3.8, 4) is 5.75 Å². The summed E-state index contributed by atoms with van der Waals surface area (Å²) in [4.78, 5) is 23.7. The molecule has 0 spiro atoms. The lowest BCUT2D eigenvalue weighted by Gasteiger charge is -2.09. The summed E-state index contributed by atoms with van der Waals surface area (Å²) in [6, 6.07) is 14.6. The van der Waals surface area contributed by atoms with Crippen molar-refractivity contribution in [2.45, 2.75) is 103 Å². The number of hydrazone groups is 1. The molecule has 0 saturated carbocycles.